The largest absolute Gasteiger partial charge is 0.462 e. The first-order valence-electron chi connectivity index (χ1n) is 18.2. The molecule has 0 aromatic rings. The zero-order valence-corrected chi connectivity index (χ0v) is 29.9. The van der Waals surface area contributed by atoms with Crippen molar-refractivity contribution in [3.63, 3.8) is 0 Å². The molecule has 2 rings (SSSR count). The van der Waals surface area contributed by atoms with Gasteiger partial charge in [-0.25, -0.2) is 4.79 Å². The Labute approximate surface area is 281 Å². The van der Waals surface area contributed by atoms with Gasteiger partial charge in [-0.2, -0.15) is 0 Å². The van der Waals surface area contributed by atoms with Crippen LogP contribution in [0.1, 0.15) is 130 Å². The van der Waals surface area contributed by atoms with Crippen molar-refractivity contribution in [3.05, 3.63) is 36.5 Å². The Morgan fingerprint density at radius 2 is 1.28 bits per heavy atom. The summed E-state index contributed by atoms with van der Waals surface area (Å²) in [5, 5.41) is 20.9. The molecule has 46 heavy (non-hydrogen) atoms. The standard InChI is InChI=1S/C39H68O7/c1-8-9-10-14-32-15-19-34(20-16-32)35-21-17-33(18-22-35)23-24-39(26-44-36(40)29(2)3,27-45-37(41)30(4)5)28-46-38(42)31(6)13-11-12-25-43-7/h32-37,40-41H,2,4,6,8-28H2,1,3,5,7H3. The Morgan fingerprint density at radius 1 is 0.761 bits per heavy atom. The second kappa shape index (κ2) is 22.2. The number of unbranched alkanes of at least 4 members (excludes halogenated alkanes) is 3. The zero-order chi connectivity index (χ0) is 34.0. The van der Waals surface area contributed by atoms with Gasteiger partial charge in [0.05, 0.1) is 18.6 Å². The van der Waals surface area contributed by atoms with E-state index < -0.39 is 24.0 Å². The lowest BCUT2D eigenvalue weighted by molar-refractivity contribution is -0.170. The SMILES string of the molecule is C=C(CCCCOC)C(=O)OCC(CCC1CCC(C2CCC(CCCCC)CC2)CC1)(COC(O)C(=C)C)COC(O)C(=C)C. The van der Waals surface area contributed by atoms with Crippen molar-refractivity contribution < 1.29 is 34.0 Å². The highest BCUT2D eigenvalue weighted by molar-refractivity contribution is 5.87. The molecule has 2 saturated carbocycles. The first-order valence-corrected chi connectivity index (χ1v) is 18.2. The lowest BCUT2D eigenvalue weighted by Crippen LogP contribution is -2.41. The molecule has 0 heterocycles. The van der Waals surface area contributed by atoms with Crippen LogP contribution in [0.15, 0.2) is 36.5 Å². The maximum absolute atomic E-state index is 13.0. The van der Waals surface area contributed by atoms with E-state index in [4.69, 9.17) is 18.9 Å². The monoisotopic (exact) mass is 648 g/mol. The molecule has 0 bridgehead atoms. The van der Waals surface area contributed by atoms with E-state index in [1.165, 1.54) is 77.0 Å². The van der Waals surface area contributed by atoms with Crippen molar-refractivity contribution >= 4 is 5.97 Å². The van der Waals surface area contributed by atoms with Gasteiger partial charge in [-0.05, 0) is 106 Å². The number of ether oxygens (including phenoxy) is 4. The molecule has 0 spiro atoms. The van der Waals surface area contributed by atoms with E-state index in [1.54, 1.807) is 21.0 Å². The highest BCUT2D eigenvalue weighted by atomic mass is 16.6. The lowest BCUT2D eigenvalue weighted by atomic mass is 9.67. The fourth-order valence-corrected chi connectivity index (χ4v) is 7.23. The number of hydrogen-bond acceptors (Lipinski definition) is 7. The molecule has 7 heteroatoms. The van der Waals surface area contributed by atoms with Crippen LogP contribution in [0.2, 0.25) is 0 Å². The predicted molar refractivity (Wildman–Crippen MR) is 186 cm³/mol. The number of methoxy groups -OCH3 is 1. The second-order valence-electron chi connectivity index (χ2n) is 14.7. The topological polar surface area (TPSA) is 94.5 Å². The minimum absolute atomic E-state index is 0.0333. The summed E-state index contributed by atoms with van der Waals surface area (Å²) < 4.78 is 22.7. The Bertz CT molecular complexity index is 874. The van der Waals surface area contributed by atoms with Gasteiger partial charge >= 0.3 is 5.97 Å². The van der Waals surface area contributed by atoms with E-state index in [0.29, 0.717) is 42.1 Å². The van der Waals surface area contributed by atoms with Crippen LogP contribution < -0.4 is 0 Å². The molecule has 0 aromatic heterocycles. The van der Waals surface area contributed by atoms with E-state index >= 15 is 0 Å². The highest BCUT2D eigenvalue weighted by Gasteiger charge is 2.37. The number of carbonyl (C=O) groups is 1. The van der Waals surface area contributed by atoms with Crippen molar-refractivity contribution in [3.8, 4) is 0 Å². The number of hydrogen-bond donors (Lipinski definition) is 2. The molecule has 2 aliphatic rings. The zero-order valence-electron chi connectivity index (χ0n) is 29.9. The quantitative estimate of drug-likeness (QED) is 0.0356. The summed E-state index contributed by atoms with van der Waals surface area (Å²) in [7, 11) is 1.66. The minimum Gasteiger partial charge on any atom is -0.462 e. The number of aliphatic hydroxyl groups is 2. The summed E-state index contributed by atoms with van der Waals surface area (Å²) in [6, 6.07) is 0. The van der Waals surface area contributed by atoms with Crippen molar-refractivity contribution in [2.45, 2.75) is 143 Å². The summed E-state index contributed by atoms with van der Waals surface area (Å²) in [6.07, 6.45) is 17.6. The van der Waals surface area contributed by atoms with E-state index in [9.17, 15) is 15.0 Å². The molecule has 2 aliphatic carbocycles. The van der Waals surface area contributed by atoms with Gasteiger partial charge in [0.2, 0.25) is 0 Å². The van der Waals surface area contributed by atoms with Gasteiger partial charge < -0.3 is 29.2 Å². The summed E-state index contributed by atoms with van der Waals surface area (Å²) >= 11 is 0. The highest BCUT2D eigenvalue weighted by Crippen LogP contribution is 2.44. The predicted octanol–water partition coefficient (Wildman–Crippen LogP) is 8.68. The molecule has 0 radical (unpaired) electrons. The van der Waals surface area contributed by atoms with Gasteiger partial charge in [-0.15, -0.1) is 0 Å². The molecule has 2 unspecified atom stereocenters. The molecule has 0 aromatic carbocycles. The minimum atomic E-state index is -1.14. The van der Waals surface area contributed by atoms with Crippen LogP contribution >= 0.6 is 0 Å². The molecule has 266 valence electrons. The van der Waals surface area contributed by atoms with Gasteiger partial charge in [0, 0.05) is 19.3 Å². The third-order valence-corrected chi connectivity index (χ3v) is 10.6. The average molecular weight is 649 g/mol. The van der Waals surface area contributed by atoms with Gasteiger partial charge in [0.1, 0.15) is 6.61 Å². The molecule has 2 N–H and O–H groups in total. The number of carbonyl (C=O) groups excluding carboxylic acids is 1. The molecule has 2 atom stereocenters. The third-order valence-electron chi connectivity index (χ3n) is 10.6. The van der Waals surface area contributed by atoms with Crippen LogP contribution in [0.4, 0.5) is 0 Å². The number of esters is 1. The maximum Gasteiger partial charge on any atom is 0.333 e. The maximum atomic E-state index is 13.0. The summed E-state index contributed by atoms with van der Waals surface area (Å²) in [6.45, 7) is 18.1. The van der Waals surface area contributed by atoms with Crippen LogP contribution in [0.5, 0.6) is 0 Å². The summed E-state index contributed by atoms with van der Waals surface area (Å²) in [5.41, 5.74) is 0.633. The van der Waals surface area contributed by atoms with E-state index in [0.717, 1.165) is 37.0 Å². The summed E-state index contributed by atoms with van der Waals surface area (Å²) in [4.78, 5) is 13.0. The normalized spacial score (nSPS) is 24.5. The van der Waals surface area contributed by atoms with Crippen molar-refractivity contribution in [1.29, 1.82) is 0 Å². The molecule has 7 nitrogen and oxygen atoms in total. The Balaban J connectivity index is 2.02. The van der Waals surface area contributed by atoms with E-state index in [-0.39, 0.29) is 19.8 Å². The number of rotatable bonds is 24. The first-order chi connectivity index (χ1) is 22.0. The van der Waals surface area contributed by atoms with Crippen molar-refractivity contribution in [1.82, 2.24) is 0 Å². The van der Waals surface area contributed by atoms with E-state index in [1.807, 2.05) is 0 Å². The molecular formula is C39H68O7. The van der Waals surface area contributed by atoms with Crippen LogP contribution in [0.3, 0.4) is 0 Å². The summed E-state index contributed by atoms with van der Waals surface area (Å²) in [5.74, 6) is 2.81. The molecular weight excluding hydrogens is 580 g/mol. The van der Waals surface area contributed by atoms with Crippen LogP contribution in [0.25, 0.3) is 0 Å². The molecule has 0 saturated heterocycles. The smallest absolute Gasteiger partial charge is 0.333 e. The van der Waals surface area contributed by atoms with E-state index in [2.05, 4.69) is 26.7 Å². The van der Waals surface area contributed by atoms with Gasteiger partial charge in [0.25, 0.3) is 0 Å². The van der Waals surface area contributed by atoms with Crippen molar-refractivity contribution in [2.75, 3.05) is 33.5 Å². The lowest BCUT2D eigenvalue weighted by Gasteiger charge is -2.39. The Morgan fingerprint density at radius 3 is 1.76 bits per heavy atom. The van der Waals surface area contributed by atoms with Crippen LogP contribution in [0, 0.1) is 29.1 Å². The fourth-order valence-electron chi connectivity index (χ4n) is 7.23. The van der Waals surface area contributed by atoms with Crippen LogP contribution in [-0.2, 0) is 23.7 Å². The van der Waals surface area contributed by atoms with Gasteiger partial charge in [-0.1, -0.05) is 78.0 Å². The molecule has 0 amide bonds. The molecule has 0 aliphatic heterocycles. The average Bonchev–Trinajstić information content (AvgIpc) is 3.06. The first kappa shape index (κ1) is 40.7. The Kier molecular flexibility index (Phi) is 19.6. The van der Waals surface area contributed by atoms with Gasteiger partial charge in [0.15, 0.2) is 12.6 Å². The fraction of sp³-hybridized carbons (Fsp3) is 0.821. The number of aliphatic hydroxyl groups excluding tert-OH is 2. The van der Waals surface area contributed by atoms with Crippen molar-refractivity contribution in [2.24, 2.45) is 29.1 Å². The second-order valence-corrected chi connectivity index (χ2v) is 14.7. The third kappa shape index (κ3) is 15.1. The van der Waals surface area contributed by atoms with Gasteiger partial charge in [-0.3, -0.25) is 0 Å². The molecule has 2 fully saturated rings. The van der Waals surface area contributed by atoms with Crippen LogP contribution in [-0.4, -0.2) is 62.3 Å². The Hall–Kier alpha value is -1.51.